The summed E-state index contributed by atoms with van der Waals surface area (Å²) in [5.41, 5.74) is 5.18. The Hall–Kier alpha value is -1.10. The average molecular weight is 242 g/mol. The number of carbonyl (C=O) groups is 2. The zero-order chi connectivity index (χ0) is 12.7. The zero-order valence-corrected chi connectivity index (χ0v) is 10.2. The maximum Gasteiger partial charge on any atom is 0.237 e. The minimum atomic E-state index is -0.451. The number of aliphatic hydroxyl groups is 1. The molecule has 1 fully saturated rings. The van der Waals surface area contributed by atoms with Gasteiger partial charge in [-0.2, -0.15) is 0 Å². The summed E-state index contributed by atoms with van der Waals surface area (Å²) in [5, 5.41) is 8.68. The van der Waals surface area contributed by atoms with Gasteiger partial charge < -0.3 is 15.7 Å². The first-order chi connectivity index (χ1) is 8.15. The van der Waals surface area contributed by atoms with E-state index >= 15 is 0 Å². The first kappa shape index (κ1) is 14.0. The van der Waals surface area contributed by atoms with Crippen LogP contribution in [0.2, 0.25) is 0 Å². The second-order valence-corrected chi connectivity index (χ2v) is 4.61. The van der Waals surface area contributed by atoms with Crippen LogP contribution >= 0.6 is 0 Å². The van der Waals surface area contributed by atoms with Gasteiger partial charge in [0, 0.05) is 19.1 Å². The molecule has 5 nitrogen and oxygen atoms in total. The van der Waals surface area contributed by atoms with Crippen molar-refractivity contribution in [3.05, 3.63) is 0 Å². The number of hydrogen-bond donors (Lipinski definition) is 2. The zero-order valence-electron chi connectivity index (χ0n) is 10.2. The third-order valence-electron chi connectivity index (χ3n) is 3.21. The molecule has 0 saturated heterocycles. The second-order valence-electron chi connectivity index (χ2n) is 4.61. The van der Waals surface area contributed by atoms with Crippen LogP contribution in [-0.2, 0) is 9.59 Å². The van der Waals surface area contributed by atoms with E-state index in [0.717, 1.165) is 25.7 Å². The van der Waals surface area contributed by atoms with Gasteiger partial charge in [0.05, 0.1) is 6.54 Å². The highest BCUT2D eigenvalue weighted by molar-refractivity contribution is 5.84. The Kier molecular flexibility index (Phi) is 5.97. The monoisotopic (exact) mass is 242 g/mol. The molecule has 2 amide bonds. The summed E-state index contributed by atoms with van der Waals surface area (Å²) in [6, 6.07) is 0.184. The number of aliphatic hydroxyl groups excluding tert-OH is 1. The van der Waals surface area contributed by atoms with Crippen LogP contribution in [0.25, 0.3) is 0 Å². The molecule has 98 valence electrons. The first-order valence-electron chi connectivity index (χ1n) is 6.33. The molecule has 0 bridgehead atoms. The fourth-order valence-electron chi connectivity index (χ4n) is 2.34. The molecule has 0 aliphatic heterocycles. The Morgan fingerprint density at radius 2 is 1.88 bits per heavy atom. The molecule has 0 aromatic rings. The van der Waals surface area contributed by atoms with E-state index in [1.54, 1.807) is 4.90 Å². The topological polar surface area (TPSA) is 83.6 Å². The molecule has 0 aromatic carbocycles. The van der Waals surface area contributed by atoms with Gasteiger partial charge in [0.2, 0.25) is 11.8 Å². The van der Waals surface area contributed by atoms with Crippen LogP contribution in [0.5, 0.6) is 0 Å². The number of amides is 2. The minimum Gasteiger partial charge on any atom is -0.396 e. The number of nitrogens with two attached hydrogens (primary N) is 1. The van der Waals surface area contributed by atoms with Gasteiger partial charge in [0.25, 0.3) is 0 Å². The van der Waals surface area contributed by atoms with Crippen LogP contribution in [0.4, 0.5) is 0 Å². The van der Waals surface area contributed by atoms with Gasteiger partial charge in [-0.05, 0) is 25.7 Å². The maximum atomic E-state index is 12.0. The average Bonchev–Trinajstić information content (AvgIpc) is 2.79. The predicted molar refractivity (Wildman–Crippen MR) is 64.1 cm³/mol. The van der Waals surface area contributed by atoms with Gasteiger partial charge in [0.1, 0.15) is 0 Å². The first-order valence-corrected chi connectivity index (χ1v) is 6.33. The molecule has 0 atom stereocenters. The fraction of sp³-hybridized carbons (Fsp3) is 0.833. The van der Waals surface area contributed by atoms with Crippen molar-refractivity contribution in [2.75, 3.05) is 13.2 Å². The van der Waals surface area contributed by atoms with Crippen molar-refractivity contribution in [3.63, 3.8) is 0 Å². The van der Waals surface area contributed by atoms with E-state index in [4.69, 9.17) is 10.8 Å². The lowest BCUT2D eigenvalue weighted by Gasteiger charge is -2.27. The summed E-state index contributed by atoms with van der Waals surface area (Å²) < 4.78 is 0. The predicted octanol–water partition coefficient (Wildman–Crippen LogP) is 0.405. The lowest BCUT2D eigenvalue weighted by molar-refractivity contribution is -0.137. The van der Waals surface area contributed by atoms with E-state index in [1.807, 2.05) is 0 Å². The van der Waals surface area contributed by atoms with Crippen molar-refractivity contribution in [1.29, 1.82) is 0 Å². The van der Waals surface area contributed by atoms with Crippen molar-refractivity contribution in [2.24, 2.45) is 5.73 Å². The summed E-state index contributed by atoms with van der Waals surface area (Å²) in [6.45, 7) is 0.134. The summed E-state index contributed by atoms with van der Waals surface area (Å²) >= 11 is 0. The van der Waals surface area contributed by atoms with Crippen LogP contribution in [0, 0.1) is 0 Å². The lowest BCUT2D eigenvalue weighted by atomic mass is 10.1. The molecule has 17 heavy (non-hydrogen) atoms. The van der Waals surface area contributed by atoms with E-state index < -0.39 is 5.91 Å². The van der Waals surface area contributed by atoms with Crippen molar-refractivity contribution in [1.82, 2.24) is 4.90 Å². The van der Waals surface area contributed by atoms with Crippen LogP contribution in [0.1, 0.15) is 44.9 Å². The molecule has 3 N–H and O–H groups in total. The van der Waals surface area contributed by atoms with Gasteiger partial charge in [0.15, 0.2) is 0 Å². The van der Waals surface area contributed by atoms with Crippen LogP contribution in [-0.4, -0.2) is 41.0 Å². The molecule has 1 rings (SSSR count). The largest absolute Gasteiger partial charge is 0.396 e. The molecule has 0 unspecified atom stereocenters. The van der Waals surface area contributed by atoms with Gasteiger partial charge >= 0.3 is 0 Å². The smallest absolute Gasteiger partial charge is 0.237 e. The van der Waals surface area contributed by atoms with Crippen LogP contribution < -0.4 is 5.73 Å². The summed E-state index contributed by atoms with van der Waals surface area (Å²) in [7, 11) is 0. The Balaban J connectivity index is 2.48. The Bertz CT molecular complexity index is 262. The summed E-state index contributed by atoms with van der Waals surface area (Å²) in [6.07, 6.45) is 5.86. The maximum absolute atomic E-state index is 12.0. The number of primary amides is 1. The van der Waals surface area contributed by atoms with Crippen molar-refractivity contribution < 1.29 is 14.7 Å². The van der Waals surface area contributed by atoms with Crippen LogP contribution in [0.15, 0.2) is 0 Å². The third kappa shape index (κ3) is 4.73. The van der Waals surface area contributed by atoms with Crippen molar-refractivity contribution in [3.8, 4) is 0 Å². The third-order valence-corrected chi connectivity index (χ3v) is 3.21. The van der Waals surface area contributed by atoms with E-state index in [2.05, 4.69) is 0 Å². The summed E-state index contributed by atoms with van der Waals surface area (Å²) in [4.78, 5) is 24.6. The molecule has 0 spiro atoms. The van der Waals surface area contributed by atoms with E-state index in [0.29, 0.717) is 19.3 Å². The summed E-state index contributed by atoms with van der Waals surface area (Å²) in [5.74, 6) is -0.462. The molecule has 0 aromatic heterocycles. The lowest BCUT2D eigenvalue weighted by Crippen LogP contribution is -2.44. The Labute approximate surface area is 102 Å². The highest BCUT2D eigenvalue weighted by Crippen LogP contribution is 2.24. The minimum absolute atomic E-state index is 0.0100. The van der Waals surface area contributed by atoms with E-state index in [9.17, 15) is 9.59 Å². The van der Waals surface area contributed by atoms with Gasteiger partial charge in [-0.15, -0.1) is 0 Å². The highest BCUT2D eigenvalue weighted by Gasteiger charge is 2.27. The van der Waals surface area contributed by atoms with Crippen LogP contribution in [0.3, 0.4) is 0 Å². The Morgan fingerprint density at radius 1 is 1.24 bits per heavy atom. The molecular weight excluding hydrogens is 220 g/mol. The van der Waals surface area contributed by atoms with Gasteiger partial charge in [-0.1, -0.05) is 12.8 Å². The molecule has 1 aliphatic carbocycles. The number of carbonyl (C=O) groups excluding carboxylic acids is 2. The highest BCUT2D eigenvalue weighted by atomic mass is 16.3. The standard InChI is InChI=1S/C12H22N2O3/c13-11(16)9-14(10-5-1-2-6-10)12(17)7-3-4-8-15/h10,15H,1-9H2,(H2,13,16). The molecule has 5 heteroatoms. The van der Waals surface area contributed by atoms with Crippen molar-refractivity contribution >= 4 is 11.8 Å². The Morgan fingerprint density at radius 3 is 2.41 bits per heavy atom. The number of nitrogens with zero attached hydrogens (tertiary/aromatic N) is 1. The number of rotatable bonds is 7. The van der Waals surface area contributed by atoms with Gasteiger partial charge in [-0.25, -0.2) is 0 Å². The fourth-order valence-corrected chi connectivity index (χ4v) is 2.34. The molecule has 1 saturated carbocycles. The van der Waals surface area contributed by atoms with E-state index in [-0.39, 0.29) is 25.1 Å². The number of hydrogen-bond acceptors (Lipinski definition) is 3. The molecule has 0 heterocycles. The van der Waals surface area contributed by atoms with Gasteiger partial charge in [-0.3, -0.25) is 9.59 Å². The number of unbranched alkanes of at least 4 members (excludes halogenated alkanes) is 1. The second kappa shape index (κ2) is 7.27. The SMILES string of the molecule is NC(=O)CN(C(=O)CCCCO)C1CCCC1. The normalized spacial score (nSPS) is 16.1. The molecular formula is C12H22N2O3. The van der Waals surface area contributed by atoms with Crippen molar-refractivity contribution in [2.45, 2.75) is 51.0 Å². The molecule has 1 aliphatic rings. The van der Waals surface area contributed by atoms with E-state index in [1.165, 1.54) is 0 Å². The quantitative estimate of drug-likeness (QED) is 0.634. The molecule has 0 radical (unpaired) electrons.